The first-order valence-electron chi connectivity index (χ1n) is 19.7. The highest BCUT2D eigenvalue weighted by Crippen LogP contribution is 2.35. The molecule has 0 unspecified atom stereocenters. The molecule has 16 heteroatoms. The molecule has 3 aliphatic rings. The van der Waals surface area contributed by atoms with E-state index in [1.54, 1.807) is 93.7 Å². The molecule has 1 atom stereocenters. The standard InChI is InChI=1S/C44H46N10O6/c1-25-11-32-18-46-34-17-38(26(2)12-33(34)43(58)54(32)19-25)60-10-6-7-40(56)48-39-24-52(5)41(49-39)37(55)14-27-13-35(50(3)20-27)42(57)47-31-16-36(51(4)23-31)44(59)53-21-28-8-9-30(45)15-29(28)22-53/h8-9,12-13,15-18,20,23-24,32H,1,6-7,10-11,14,19,21-22,45H2,2-5H3,(H,47,57)(H,48,56)/t32-/m0/s1. The molecule has 2 aromatic carbocycles. The molecule has 3 aliphatic heterocycles. The third kappa shape index (κ3) is 7.95. The Morgan fingerprint density at radius 3 is 2.52 bits per heavy atom. The average molecular weight is 811 g/mol. The number of hydrogen-bond acceptors (Lipinski definition) is 9. The number of amides is 4. The van der Waals surface area contributed by atoms with Crippen LogP contribution in [0.4, 0.5) is 22.9 Å². The summed E-state index contributed by atoms with van der Waals surface area (Å²) in [4.78, 5) is 78.7. The monoisotopic (exact) mass is 810 g/mol. The van der Waals surface area contributed by atoms with Gasteiger partial charge in [-0.3, -0.25) is 29.0 Å². The number of anilines is 3. The SMILES string of the molecule is C=C1C[C@H]2C=Nc3cc(OCCCC(=O)Nc4cn(C)c(C(=O)Cc5cc(C(=O)Nc6cc(C(=O)N7Cc8ccc(N)cc8C7)n(C)c6)n(C)c5)n4)c(C)cc3C(=O)N2C1. The van der Waals surface area contributed by atoms with Gasteiger partial charge < -0.3 is 44.6 Å². The van der Waals surface area contributed by atoms with Crippen LogP contribution in [0.25, 0.3) is 0 Å². The Kier molecular flexibility index (Phi) is 10.5. The van der Waals surface area contributed by atoms with Gasteiger partial charge in [-0.1, -0.05) is 18.2 Å². The van der Waals surface area contributed by atoms with Crippen LogP contribution in [0.5, 0.6) is 5.75 Å². The number of ketones is 1. The second-order valence-electron chi connectivity index (χ2n) is 15.7. The number of ether oxygens (including phenoxy) is 1. The van der Waals surface area contributed by atoms with Crippen LogP contribution >= 0.6 is 0 Å². The molecule has 16 nitrogen and oxygen atoms in total. The molecule has 5 aromatic rings. The van der Waals surface area contributed by atoms with Gasteiger partial charge >= 0.3 is 0 Å². The van der Waals surface area contributed by atoms with Crippen molar-refractivity contribution in [1.29, 1.82) is 0 Å². The highest BCUT2D eigenvalue weighted by Gasteiger charge is 2.34. The van der Waals surface area contributed by atoms with Crippen molar-refractivity contribution in [3.8, 4) is 5.75 Å². The molecule has 0 radical (unpaired) electrons. The topological polar surface area (TPSA) is 191 Å². The number of nitrogen functional groups attached to an aromatic ring is 1. The highest BCUT2D eigenvalue weighted by atomic mass is 16.5. The molecule has 6 heterocycles. The van der Waals surface area contributed by atoms with E-state index in [0.29, 0.717) is 77.8 Å². The average Bonchev–Trinajstić information content (AvgIpc) is 4.02. The summed E-state index contributed by atoms with van der Waals surface area (Å²) in [6, 6.07) is 12.4. The first-order valence-corrected chi connectivity index (χ1v) is 19.7. The van der Waals surface area contributed by atoms with E-state index in [0.717, 1.165) is 22.3 Å². The first kappa shape index (κ1) is 39.6. The van der Waals surface area contributed by atoms with Gasteiger partial charge in [-0.2, -0.15) is 0 Å². The van der Waals surface area contributed by atoms with E-state index in [1.165, 1.54) is 0 Å². The Balaban J connectivity index is 0.817. The minimum Gasteiger partial charge on any atom is -0.493 e. The lowest BCUT2D eigenvalue weighted by atomic mass is 10.1. The van der Waals surface area contributed by atoms with Crippen LogP contribution in [0.2, 0.25) is 0 Å². The smallest absolute Gasteiger partial charge is 0.272 e. The summed E-state index contributed by atoms with van der Waals surface area (Å²) in [5.74, 6) is -0.220. The van der Waals surface area contributed by atoms with Crippen molar-refractivity contribution < 1.29 is 28.7 Å². The lowest BCUT2D eigenvalue weighted by Crippen LogP contribution is -2.35. The zero-order valence-corrected chi connectivity index (χ0v) is 33.9. The van der Waals surface area contributed by atoms with Crippen LogP contribution in [0.1, 0.15) is 83.5 Å². The van der Waals surface area contributed by atoms with Crippen molar-refractivity contribution >= 4 is 58.5 Å². The molecule has 308 valence electrons. The van der Waals surface area contributed by atoms with Crippen LogP contribution in [0, 0.1) is 6.92 Å². The molecule has 4 N–H and O–H groups in total. The molecule has 3 aromatic heterocycles. The summed E-state index contributed by atoms with van der Waals surface area (Å²) in [6.45, 7) is 7.62. The molecule has 0 spiro atoms. The summed E-state index contributed by atoms with van der Waals surface area (Å²) in [7, 11) is 5.14. The van der Waals surface area contributed by atoms with Crippen molar-refractivity contribution in [2.24, 2.45) is 26.1 Å². The van der Waals surface area contributed by atoms with Gasteiger partial charge in [0.2, 0.25) is 11.7 Å². The van der Waals surface area contributed by atoms with E-state index in [-0.39, 0.29) is 60.6 Å². The highest BCUT2D eigenvalue weighted by molar-refractivity contribution is 6.05. The lowest BCUT2D eigenvalue weighted by molar-refractivity contribution is -0.116. The van der Waals surface area contributed by atoms with E-state index < -0.39 is 5.91 Å². The molecule has 0 bridgehead atoms. The fraction of sp³-hybridized carbons (Fsp3) is 0.295. The summed E-state index contributed by atoms with van der Waals surface area (Å²) in [5.41, 5.74) is 13.4. The normalized spacial score (nSPS) is 15.4. The van der Waals surface area contributed by atoms with Crippen LogP contribution in [0.3, 0.4) is 0 Å². The summed E-state index contributed by atoms with van der Waals surface area (Å²) < 4.78 is 10.9. The van der Waals surface area contributed by atoms with Gasteiger partial charge in [0.15, 0.2) is 11.6 Å². The number of nitrogens with one attached hydrogen (secondary N) is 2. The van der Waals surface area contributed by atoms with Crippen LogP contribution in [-0.4, -0.2) is 83.3 Å². The molecule has 1 saturated heterocycles. The van der Waals surface area contributed by atoms with Gasteiger partial charge in [-0.15, -0.1) is 0 Å². The van der Waals surface area contributed by atoms with E-state index >= 15 is 0 Å². The zero-order valence-electron chi connectivity index (χ0n) is 33.9. The molecule has 0 saturated carbocycles. The Morgan fingerprint density at radius 1 is 0.917 bits per heavy atom. The second-order valence-corrected chi connectivity index (χ2v) is 15.7. The number of aliphatic imine (C=N–C) groups is 1. The van der Waals surface area contributed by atoms with Gasteiger partial charge in [0.25, 0.3) is 17.7 Å². The number of aryl methyl sites for hydroxylation is 4. The molecule has 4 amide bonds. The summed E-state index contributed by atoms with van der Waals surface area (Å²) >= 11 is 0. The van der Waals surface area contributed by atoms with E-state index in [1.807, 2.05) is 25.1 Å². The Labute approximate surface area is 346 Å². The molecular formula is C44H46N10O6. The quantitative estimate of drug-likeness (QED) is 0.0671. The van der Waals surface area contributed by atoms with Gasteiger partial charge in [0.05, 0.1) is 29.6 Å². The molecule has 1 fully saturated rings. The number of carbonyl (C=O) groups excluding carboxylic acids is 5. The number of fused-ring (bicyclic) bond motifs is 3. The number of hydrogen-bond donors (Lipinski definition) is 3. The minimum absolute atomic E-state index is 0.0271. The van der Waals surface area contributed by atoms with Crippen molar-refractivity contribution in [3.05, 3.63) is 118 Å². The summed E-state index contributed by atoms with van der Waals surface area (Å²) in [6.07, 6.45) is 8.00. The van der Waals surface area contributed by atoms with Crippen molar-refractivity contribution in [2.45, 2.75) is 51.7 Å². The van der Waals surface area contributed by atoms with Crippen molar-refractivity contribution in [3.63, 3.8) is 0 Å². The fourth-order valence-electron chi connectivity index (χ4n) is 8.00. The van der Waals surface area contributed by atoms with Crippen molar-refractivity contribution in [1.82, 2.24) is 28.5 Å². The third-order valence-corrected chi connectivity index (χ3v) is 11.0. The van der Waals surface area contributed by atoms with Gasteiger partial charge in [-0.05, 0) is 72.4 Å². The fourth-order valence-corrected chi connectivity index (χ4v) is 8.00. The lowest BCUT2D eigenvalue weighted by Gasteiger charge is -2.20. The van der Waals surface area contributed by atoms with E-state index in [9.17, 15) is 24.0 Å². The molecule has 8 rings (SSSR count). The second kappa shape index (κ2) is 15.8. The first-order chi connectivity index (χ1) is 28.7. The Morgan fingerprint density at radius 2 is 1.70 bits per heavy atom. The number of rotatable bonds is 12. The number of nitrogens with zero attached hydrogens (tertiary/aromatic N) is 7. The largest absolute Gasteiger partial charge is 0.493 e. The van der Waals surface area contributed by atoms with Gasteiger partial charge in [0.1, 0.15) is 17.1 Å². The van der Waals surface area contributed by atoms with Crippen LogP contribution < -0.4 is 21.1 Å². The van der Waals surface area contributed by atoms with E-state index in [4.69, 9.17) is 10.5 Å². The number of imidazole rings is 1. The number of nitrogens with two attached hydrogens (primary N) is 1. The minimum atomic E-state index is -0.399. The Hall–Kier alpha value is -7.23. The number of benzene rings is 2. The van der Waals surface area contributed by atoms with Gasteiger partial charge in [-0.25, -0.2) is 4.98 Å². The number of aromatic nitrogens is 4. The maximum atomic E-state index is 13.4. The molecule has 60 heavy (non-hydrogen) atoms. The summed E-state index contributed by atoms with van der Waals surface area (Å²) in [5, 5.41) is 5.63. The predicted molar refractivity (Wildman–Crippen MR) is 226 cm³/mol. The molecule has 0 aliphatic carbocycles. The van der Waals surface area contributed by atoms with Gasteiger partial charge in [0, 0.05) is 90.2 Å². The number of Topliss-reactive ketones (excluding diaryl/α,β-unsaturated/α-hetero) is 1. The third-order valence-electron chi connectivity index (χ3n) is 11.0. The zero-order chi connectivity index (χ0) is 42.4. The maximum absolute atomic E-state index is 13.4. The van der Waals surface area contributed by atoms with Crippen molar-refractivity contribution in [2.75, 3.05) is 29.5 Å². The van der Waals surface area contributed by atoms with Crippen LogP contribution in [0.15, 0.2) is 78.2 Å². The predicted octanol–water partition coefficient (Wildman–Crippen LogP) is 5.11. The number of carbonyl (C=O) groups is 5. The van der Waals surface area contributed by atoms with Crippen LogP contribution in [-0.2, 0) is 45.4 Å². The van der Waals surface area contributed by atoms with E-state index in [2.05, 4.69) is 27.2 Å². The maximum Gasteiger partial charge on any atom is 0.272 e. The molecular weight excluding hydrogens is 765 g/mol. The Bertz CT molecular complexity index is 2650.